The van der Waals surface area contributed by atoms with Crippen LogP contribution >= 0.6 is 11.6 Å². The molecule has 19 heavy (non-hydrogen) atoms. The third-order valence-electron chi connectivity index (χ3n) is 5.86. The lowest BCUT2D eigenvalue weighted by atomic mass is 9.48. The number of hydrogen-bond donors (Lipinski definition) is 1. The molecule has 0 aromatic carbocycles. The van der Waals surface area contributed by atoms with Crippen LogP contribution < -0.4 is 0 Å². The highest BCUT2D eigenvalue weighted by molar-refractivity contribution is 6.31. The number of rotatable bonds is 2. The van der Waals surface area contributed by atoms with Crippen LogP contribution in [0.3, 0.4) is 0 Å². The second-order valence-corrected chi connectivity index (χ2v) is 7.59. The van der Waals surface area contributed by atoms with E-state index in [9.17, 15) is 5.11 Å². The molecule has 0 radical (unpaired) electrons. The van der Waals surface area contributed by atoms with Crippen LogP contribution in [-0.2, 0) is 7.05 Å². The third-order valence-corrected chi connectivity index (χ3v) is 6.15. The van der Waals surface area contributed by atoms with E-state index in [1.807, 2.05) is 7.05 Å². The summed E-state index contributed by atoms with van der Waals surface area (Å²) in [6, 6.07) is 0. The summed E-state index contributed by atoms with van der Waals surface area (Å²) in [5.74, 6) is 2.52. The normalized spacial score (nSPS) is 41.7. The Kier molecular flexibility index (Phi) is 2.56. The maximum absolute atomic E-state index is 11.0. The van der Waals surface area contributed by atoms with Gasteiger partial charge < -0.3 is 5.11 Å². The molecule has 1 unspecified atom stereocenters. The molecule has 1 N–H and O–H groups in total. The van der Waals surface area contributed by atoms with Gasteiger partial charge >= 0.3 is 0 Å². The molecule has 4 heteroatoms. The Morgan fingerprint density at radius 2 is 1.79 bits per heavy atom. The number of aliphatic hydroxyl groups is 1. The molecule has 0 saturated heterocycles. The fourth-order valence-corrected chi connectivity index (χ4v) is 5.80. The highest BCUT2D eigenvalue weighted by Crippen LogP contribution is 2.64. The molecule has 1 atom stereocenters. The molecular formula is C15H21ClN2O. The second kappa shape index (κ2) is 3.98. The van der Waals surface area contributed by atoms with Gasteiger partial charge in [0.2, 0.25) is 0 Å². The molecule has 4 saturated carbocycles. The largest absolute Gasteiger partial charge is 0.386 e. The number of nitrogens with zero attached hydrogens (tertiary/aromatic N) is 2. The van der Waals surface area contributed by atoms with E-state index in [4.69, 9.17) is 11.6 Å². The number of hydrogen-bond acceptors (Lipinski definition) is 2. The van der Waals surface area contributed by atoms with Gasteiger partial charge in [-0.3, -0.25) is 4.68 Å². The monoisotopic (exact) mass is 280 g/mol. The minimum Gasteiger partial charge on any atom is -0.386 e. The fourth-order valence-electron chi connectivity index (χ4n) is 5.53. The summed E-state index contributed by atoms with van der Waals surface area (Å²) in [4.78, 5) is 0. The molecule has 0 aliphatic heterocycles. The van der Waals surface area contributed by atoms with Crippen molar-refractivity contribution < 1.29 is 5.11 Å². The Morgan fingerprint density at radius 1 is 1.26 bits per heavy atom. The van der Waals surface area contributed by atoms with Gasteiger partial charge in [0.1, 0.15) is 6.10 Å². The molecule has 4 bridgehead atoms. The average Bonchev–Trinajstić information content (AvgIpc) is 2.66. The van der Waals surface area contributed by atoms with Crippen LogP contribution in [0.2, 0.25) is 5.02 Å². The van der Waals surface area contributed by atoms with Crippen molar-refractivity contribution >= 4 is 11.6 Å². The zero-order valence-corrected chi connectivity index (χ0v) is 12.1. The van der Waals surface area contributed by atoms with E-state index in [-0.39, 0.29) is 5.41 Å². The highest BCUT2D eigenvalue weighted by Gasteiger charge is 2.55. The fraction of sp³-hybridized carbons (Fsp3) is 0.800. The van der Waals surface area contributed by atoms with E-state index in [0.717, 1.165) is 23.4 Å². The average molecular weight is 281 g/mol. The maximum Gasteiger partial charge on any atom is 0.103 e. The van der Waals surface area contributed by atoms with Crippen LogP contribution in [0.5, 0.6) is 0 Å². The number of halogens is 1. The first-order valence-electron chi connectivity index (χ1n) is 7.43. The summed E-state index contributed by atoms with van der Waals surface area (Å²) in [6.45, 7) is 0. The number of aryl methyl sites for hydroxylation is 1. The van der Waals surface area contributed by atoms with Crippen molar-refractivity contribution in [2.24, 2.45) is 30.2 Å². The van der Waals surface area contributed by atoms with Crippen LogP contribution in [0.15, 0.2) is 6.20 Å². The van der Waals surface area contributed by atoms with Crippen LogP contribution in [0.1, 0.15) is 50.3 Å². The molecule has 104 valence electrons. The molecule has 1 aromatic heterocycles. The first-order chi connectivity index (χ1) is 9.07. The molecule has 1 aromatic rings. The van der Waals surface area contributed by atoms with E-state index in [0.29, 0.717) is 5.02 Å². The van der Waals surface area contributed by atoms with Crippen LogP contribution in [0.4, 0.5) is 0 Å². The van der Waals surface area contributed by atoms with Crippen molar-refractivity contribution in [1.29, 1.82) is 0 Å². The zero-order chi connectivity index (χ0) is 13.2. The standard InChI is InChI=1S/C15H21ClN2O/c1-18-13(12(16)8-17-18)14(19)15-5-9-2-10(6-15)4-11(3-9)7-15/h8-11,14,19H,2-7H2,1H3. The van der Waals surface area contributed by atoms with Crippen molar-refractivity contribution in [1.82, 2.24) is 9.78 Å². The molecule has 5 rings (SSSR count). The van der Waals surface area contributed by atoms with Crippen molar-refractivity contribution in [3.8, 4) is 0 Å². The van der Waals surface area contributed by atoms with Crippen LogP contribution in [0, 0.1) is 23.2 Å². The van der Waals surface area contributed by atoms with Gasteiger partial charge in [-0.2, -0.15) is 5.10 Å². The topological polar surface area (TPSA) is 38.0 Å². The molecule has 1 heterocycles. The van der Waals surface area contributed by atoms with Gasteiger partial charge in [-0.25, -0.2) is 0 Å². The molecule has 4 aliphatic rings. The summed E-state index contributed by atoms with van der Waals surface area (Å²) in [5.41, 5.74) is 0.898. The summed E-state index contributed by atoms with van der Waals surface area (Å²) in [6.07, 6.45) is 8.94. The Bertz CT molecular complexity index is 455. The summed E-state index contributed by atoms with van der Waals surface area (Å²) >= 11 is 6.24. The van der Waals surface area contributed by atoms with Crippen molar-refractivity contribution in [2.75, 3.05) is 0 Å². The van der Waals surface area contributed by atoms with E-state index in [1.54, 1.807) is 10.9 Å². The maximum atomic E-state index is 11.0. The first-order valence-corrected chi connectivity index (χ1v) is 7.81. The lowest BCUT2D eigenvalue weighted by Gasteiger charge is -2.58. The van der Waals surface area contributed by atoms with Gasteiger partial charge in [0, 0.05) is 12.5 Å². The quantitative estimate of drug-likeness (QED) is 0.902. The number of aliphatic hydroxyl groups excluding tert-OH is 1. The SMILES string of the molecule is Cn1ncc(Cl)c1C(O)C12CC3CC(CC(C3)C1)C2. The van der Waals surface area contributed by atoms with E-state index < -0.39 is 6.10 Å². The van der Waals surface area contributed by atoms with E-state index in [2.05, 4.69) is 5.10 Å². The number of aromatic nitrogens is 2. The van der Waals surface area contributed by atoms with E-state index >= 15 is 0 Å². The molecule has 3 nitrogen and oxygen atoms in total. The summed E-state index contributed by atoms with van der Waals surface area (Å²) in [7, 11) is 1.88. The Hall–Kier alpha value is -0.540. The van der Waals surface area contributed by atoms with Gasteiger partial charge in [0.15, 0.2) is 0 Å². The van der Waals surface area contributed by atoms with Gasteiger partial charge in [0.25, 0.3) is 0 Å². The predicted octanol–water partition coefficient (Wildman–Crippen LogP) is 3.32. The second-order valence-electron chi connectivity index (χ2n) is 7.18. The summed E-state index contributed by atoms with van der Waals surface area (Å²) < 4.78 is 1.76. The Morgan fingerprint density at radius 3 is 2.21 bits per heavy atom. The minimum atomic E-state index is -0.444. The highest BCUT2D eigenvalue weighted by atomic mass is 35.5. The molecule has 4 fully saturated rings. The molecule has 4 aliphatic carbocycles. The minimum absolute atomic E-state index is 0.0756. The van der Waals surface area contributed by atoms with Crippen molar-refractivity contribution in [3.05, 3.63) is 16.9 Å². The molecular weight excluding hydrogens is 260 g/mol. The first kappa shape index (κ1) is 12.2. The predicted molar refractivity (Wildman–Crippen MR) is 73.8 cm³/mol. The van der Waals surface area contributed by atoms with Crippen molar-refractivity contribution in [2.45, 2.75) is 44.6 Å². The van der Waals surface area contributed by atoms with Crippen LogP contribution in [-0.4, -0.2) is 14.9 Å². The Labute approximate surface area is 118 Å². The zero-order valence-electron chi connectivity index (χ0n) is 11.3. The van der Waals surface area contributed by atoms with Gasteiger partial charge in [-0.05, 0) is 56.3 Å². The lowest BCUT2D eigenvalue weighted by molar-refractivity contribution is -0.124. The van der Waals surface area contributed by atoms with Crippen LogP contribution in [0.25, 0.3) is 0 Å². The third kappa shape index (κ3) is 1.71. The van der Waals surface area contributed by atoms with Gasteiger partial charge in [-0.1, -0.05) is 11.6 Å². The van der Waals surface area contributed by atoms with Gasteiger partial charge in [-0.15, -0.1) is 0 Å². The smallest absolute Gasteiger partial charge is 0.103 e. The van der Waals surface area contributed by atoms with Crippen molar-refractivity contribution in [3.63, 3.8) is 0 Å². The van der Waals surface area contributed by atoms with Gasteiger partial charge in [0.05, 0.1) is 16.9 Å². The molecule has 0 amide bonds. The van der Waals surface area contributed by atoms with E-state index in [1.165, 1.54) is 38.5 Å². The molecule has 0 spiro atoms. The Balaban J connectivity index is 1.72. The summed E-state index contributed by atoms with van der Waals surface area (Å²) in [5, 5.41) is 15.8. The lowest BCUT2D eigenvalue weighted by Crippen LogP contribution is -2.49.